The zero-order valence-corrected chi connectivity index (χ0v) is 16.1. The lowest BCUT2D eigenvalue weighted by molar-refractivity contribution is -0.384. The third-order valence-electron chi connectivity index (χ3n) is 3.82. The Morgan fingerprint density at radius 3 is 2.39 bits per heavy atom. The molecule has 0 spiro atoms. The van der Waals surface area contributed by atoms with Gasteiger partial charge in [0, 0.05) is 12.1 Å². The molecule has 1 heterocycles. The molecule has 1 aromatic heterocycles. The van der Waals surface area contributed by atoms with Crippen molar-refractivity contribution >= 4 is 28.9 Å². The van der Waals surface area contributed by atoms with E-state index in [0.717, 1.165) is 25.1 Å². The lowest BCUT2D eigenvalue weighted by Crippen LogP contribution is -2.26. The molecule has 0 saturated heterocycles. The number of amides is 1. The Balaban J connectivity index is 2.34. The molecule has 0 fully saturated rings. The minimum Gasteiger partial charge on any atom is -0.487 e. The fourth-order valence-electron chi connectivity index (χ4n) is 2.44. The third kappa shape index (κ3) is 5.77. The van der Waals surface area contributed by atoms with Gasteiger partial charge in [-0.15, -0.1) is 0 Å². The summed E-state index contributed by atoms with van der Waals surface area (Å²) >= 11 is 5.54. The number of nitrogens with one attached hydrogen (secondary N) is 1. The number of carbonyl (C=O) groups is 1. The van der Waals surface area contributed by atoms with Crippen molar-refractivity contribution in [2.24, 2.45) is 0 Å². The number of benzene rings is 1. The second-order valence-corrected chi connectivity index (χ2v) is 6.35. The van der Waals surface area contributed by atoms with Crippen LogP contribution in [-0.4, -0.2) is 33.6 Å². The lowest BCUT2D eigenvalue weighted by Gasteiger charge is -2.16. The first-order chi connectivity index (χ1) is 14.4. The Hall–Kier alpha value is -3.03. The van der Waals surface area contributed by atoms with Gasteiger partial charge in [0.05, 0.1) is 21.7 Å². The van der Waals surface area contributed by atoms with Gasteiger partial charge >= 0.3 is 0 Å². The highest BCUT2D eigenvalue weighted by atomic mass is 35.5. The highest BCUT2D eigenvalue weighted by Gasteiger charge is 2.32. The van der Waals surface area contributed by atoms with E-state index < -0.39 is 64.9 Å². The summed E-state index contributed by atoms with van der Waals surface area (Å²) < 4.78 is 82.1. The largest absolute Gasteiger partial charge is 0.487 e. The molecule has 31 heavy (non-hydrogen) atoms. The number of hydrogen-bond donors (Lipinski definition) is 1. The molecule has 1 atom stereocenters. The van der Waals surface area contributed by atoms with Crippen LogP contribution in [0.3, 0.4) is 0 Å². The topological polar surface area (TPSA) is 99.3 Å². The molecule has 2 rings (SSSR count). The molecule has 2 aromatic rings. The molecule has 0 aliphatic rings. The van der Waals surface area contributed by atoms with E-state index in [1.807, 2.05) is 0 Å². The Labute approximate surface area is 174 Å². The molecule has 0 saturated carbocycles. The van der Waals surface area contributed by atoms with E-state index in [2.05, 4.69) is 10.4 Å². The van der Waals surface area contributed by atoms with Crippen molar-refractivity contribution in [1.82, 2.24) is 9.78 Å². The first kappa shape index (κ1) is 24.2. The average molecular weight is 475 g/mol. The van der Waals surface area contributed by atoms with Crippen LogP contribution in [0, 0.1) is 10.1 Å². The fraction of sp³-hybridized carbons (Fsp3) is 0.375. The van der Waals surface area contributed by atoms with E-state index in [1.54, 1.807) is 0 Å². The highest BCUT2D eigenvalue weighted by molar-refractivity contribution is 6.32. The number of aromatic nitrogens is 2. The molecule has 1 aromatic carbocycles. The van der Waals surface area contributed by atoms with Gasteiger partial charge in [0.1, 0.15) is 29.8 Å². The summed E-state index contributed by atoms with van der Waals surface area (Å²) in [5.74, 6) is -1.45. The van der Waals surface area contributed by atoms with Gasteiger partial charge in [0.15, 0.2) is 0 Å². The van der Waals surface area contributed by atoms with Gasteiger partial charge in [-0.2, -0.15) is 5.10 Å². The Kier molecular flexibility index (Phi) is 7.70. The maximum atomic E-state index is 13.3. The van der Waals surface area contributed by atoms with E-state index in [0.29, 0.717) is 4.68 Å². The van der Waals surface area contributed by atoms with Crippen LogP contribution in [-0.2, 0) is 4.79 Å². The maximum absolute atomic E-state index is 13.3. The summed E-state index contributed by atoms with van der Waals surface area (Å²) in [7, 11) is 0. The van der Waals surface area contributed by atoms with E-state index in [1.165, 1.54) is 0 Å². The van der Waals surface area contributed by atoms with Gasteiger partial charge in [0.2, 0.25) is 5.91 Å². The Morgan fingerprint density at radius 1 is 1.23 bits per heavy atom. The SMILES string of the molecule is CC(C(=O)Nc1cc(OCC(F)F)cc([N+](=O)[O-])c1)n1nc(C(F)F)c(Cl)c1C(F)F. The van der Waals surface area contributed by atoms with Crippen LogP contribution < -0.4 is 10.1 Å². The zero-order valence-electron chi connectivity index (χ0n) is 15.4. The molecule has 0 radical (unpaired) electrons. The summed E-state index contributed by atoms with van der Waals surface area (Å²) in [5, 5.41) is 15.4. The molecule has 1 unspecified atom stereocenters. The van der Waals surface area contributed by atoms with Crippen molar-refractivity contribution < 1.29 is 40.8 Å². The van der Waals surface area contributed by atoms with Crippen LogP contribution in [0.5, 0.6) is 5.75 Å². The van der Waals surface area contributed by atoms with Gasteiger partial charge in [-0.1, -0.05) is 11.6 Å². The molecule has 0 bridgehead atoms. The molecular formula is C16H13ClF6N4O4. The standard InChI is InChI=1S/C16H13ClF6N4O4/c1-6(26-13(15(22)23)11(17)12(25-26)14(20)21)16(28)24-7-2-8(27(29)30)4-9(3-7)31-5-10(18)19/h2-4,6,10,14-15H,5H2,1H3,(H,24,28). The Morgan fingerprint density at radius 2 is 1.87 bits per heavy atom. The summed E-state index contributed by atoms with van der Waals surface area (Å²) in [6, 6.07) is 1.07. The fourth-order valence-corrected chi connectivity index (χ4v) is 2.73. The van der Waals surface area contributed by atoms with Gasteiger partial charge < -0.3 is 10.1 Å². The molecule has 8 nitrogen and oxygen atoms in total. The number of alkyl halides is 6. The summed E-state index contributed by atoms with van der Waals surface area (Å²) in [5.41, 5.74) is -3.17. The van der Waals surface area contributed by atoms with Crippen LogP contribution in [0.2, 0.25) is 5.02 Å². The number of ether oxygens (including phenoxy) is 1. The van der Waals surface area contributed by atoms with Gasteiger partial charge in [0.25, 0.3) is 25.0 Å². The predicted molar refractivity (Wildman–Crippen MR) is 95.1 cm³/mol. The van der Waals surface area contributed by atoms with Crippen LogP contribution in [0.4, 0.5) is 37.7 Å². The maximum Gasteiger partial charge on any atom is 0.283 e. The van der Waals surface area contributed by atoms with Crippen LogP contribution in [0.25, 0.3) is 0 Å². The van der Waals surface area contributed by atoms with Gasteiger partial charge in [-0.25, -0.2) is 31.0 Å². The number of anilines is 1. The van der Waals surface area contributed by atoms with Crippen molar-refractivity contribution in [3.63, 3.8) is 0 Å². The molecule has 1 amide bonds. The zero-order chi connectivity index (χ0) is 23.5. The number of nitro benzene ring substituents is 1. The summed E-state index contributed by atoms with van der Waals surface area (Å²) in [4.78, 5) is 22.6. The van der Waals surface area contributed by atoms with Crippen molar-refractivity contribution in [3.8, 4) is 5.75 Å². The van der Waals surface area contributed by atoms with Crippen molar-refractivity contribution in [1.29, 1.82) is 0 Å². The number of nitro groups is 1. The van der Waals surface area contributed by atoms with Crippen LogP contribution in [0.15, 0.2) is 18.2 Å². The first-order valence-corrected chi connectivity index (χ1v) is 8.65. The predicted octanol–water partition coefficient (Wildman–Crippen LogP) is 5.16. The van der Waals surface area contributed by atoms with Crippen molar-refractivity contribution in [2.75, 3.05) is 11.9 Å². The normalized spacial score (nSPS) is 12.5. The van der Waals surface area contributed by atoms with E-state index in [9.17, 15) is 41.3 Å². The number of halogens is 7. The second-order valence-electron chi connectivity index (χ2n) is 5.97. The molecule has 0 aliphatic carbocycles. The minimum atomic E-state index is -3.34. The first-order valence-electron chi connectivity index (χ1n) is 8.27. The van der Waals surface area contributed by atoms with Crippen LogP contribution in [0.1, 0.15) is 37.2 Å². The second kappa shape index (κ2) is 9.85. The van der Waals surface area contributed by atoms with Crippen LogP contribution >= 0.6 is 11.6 Å². The smallest absolute Gasteiger partial charge is 0.283 e. The number of non-ortho nitro benzene ring substituents is 1. The minimum absolute atomic E-state index is 0.291. The number of rotatable bonds is 9. The van der Waals surface area contributed by atoms with Crippen molar-refractivity contribution in [3.05, 3.63) is 44.7 Å². The van der Waals surface area contributed by atoms with Crippen molar-refractivity contribution in [2.45, 2.75) is 32.2 Å². The molecule has 0 aliphatic heterocycles. The molecule has 15 heteroatoms. The Bertz CT molecular complexity index is 972. The number of nitrogens with zero attached hydrogens (tertiary/aromatic N) is 3. The number of hydrogen-bond acceptors (Lipinski definition) is 5. The highest BCUT2D eigenvalue weighted by Crippen LogP contribution is 2.36. The molecular weight excluding hydrogens is 462 g/mol. The average Bonchev–Trinajstić information content (AvgIpc) is 3.03. The van der Waals surface area contributed by atoms with E-state index in [4.69, 9.17) is 16.3 Å². The summed E-state index contributed by atoms with van der Waals surface area (Å²) in [6.07, 6.45) is -9.50. The summed E-state index contributed by atoms with van der Waals surface area (Å²) in [6.45, 7) is -0.0315. The van der Waals surface area contributed by atoms with Gasteiger partial charge in [-0.05, 0) is 6.92 Å². The third-order valence-corrected chi connectivity index (χ3v) is 4.20. The van der Waals surface area contributed by atoms with E-state index in [-0.39, 0.29) is 11.4 Å². The molecule has 1 N–H and O–H groups in total. The quantitative estimate of drug-likeness (QED) is 0.307. The lowest BCUT2D eigenvalue weighted by atomic mass is 10.2. The monoisotopic (exact) mass is 474 g/mol. The van der Waals surface area contributed by atoms with Gasteiger partial charge in [-0.3, -0.25) is 14.9 Å². The molecule has 170 valence electrons. The van der Waals surface area contributed by atoms with E-state index >= 15 is 0 Å². The number of carbonyl (C=O) groups excluding carboxylic acids is 1.